The number of aryl methyl sites for hydroxylation is 1. The number of carboxylic acids is 1. The Morgan fingerprint density at radius 1 is 1.05 bits per heavy atom. The minimum absolute atomic E-state index is 0.0708. The van der Waals surface area contributed by atoms with E-state index in [1.54, 1.807) is 0 Å². The van der Waals surface area contributed by atoms with Crippen molar-refractivity contribution in [2.24, 2.45) is 5.73 Å². The summed E-state index contributed by atoms with van der Waals surface area (Å²) in [6.07, 6.45) is 1.09. The first kappa shape index (κ1) is 15.1. The monoisotopic (exact) mass is 284 g/mol. The lowest BCUT2D eigenvalue weighted by atomic mass is 9.76. The minimum Gasteiger partial charge on any atom is -0.481 e. The summed E-state index contributed by atoms with van der Waals surface area (Å²) >= 11 is 0. The van der Waals surface area contributed by atoms with Crippen molar-refractivity contribution in [1.29, 1.82) is 0 Å². The van der Waals surface area contributed by atoms with Gasteiger partial charge in [-0.25, -0.2) is 0 Å². The van der Waals surface area contributed by atoms with Crippen LogP contribution in [-0.2, 0) is 16.6 Å². The van der Waals surface area contributed by atoms with Crippen LogP contribution in [0.15, 0.2) is 54.6 Å². The second kappa shape index (κ2) is 6.41. The maximum Gasteiger partial charge on any atom is 0.315 e. The van der Waals surface area contributed by atoms with E-state index in [0.29, 0.717) is 18.5 Å². The van der Waals surface area contributed by atoms with E-state index >= 15 is 0 Å². The van der Waals surface area contributed by atoms with Gasteiger partial charge in [-0.05, 0) is 36.1 Å². The molecule has 0 aliphatic heterocycles. The third-order valence-corrected chi connectivity index (χ3v) is 3.90. The second-order valence-electron chi connectivity index (χ2n) is 5.20. The number of rotatable bonds is 6. The molecule has 2 rings (SSSR count). The fourth-order valence-corrected chi connectivity index (χ4v) is 2.48. The first-order chi connectivity index (χ1) is 10.1. The molecule has 0 saturated heterocycles. The Balaban J connectivity index is 2.25. The van der Waals surface area contributed by atoms with Gasteiger partial charge in [0.05, 0.1) is 0 Å². The van der Waals surface area contributed by atoms with Crippen LogP contribution in [0.4, 0.5) is 5.69 Å². The lowest BCUT2D eigenvalue weighted by Crippen LogP contribution is -2.43. The summed E-state index contributed by atoms with van der Waals surface area (Å²) in [5.74, 6) is -0.883. The molecule has 1 unspecified atom stereocenters. The van der Waals surface area contributed by atoms with E-state index in [1.807, 2.05) is 54.6 Å². The predicted octanol–water partition coefficient (Wildman–Crippen LogP) is 2.18. The number of nitrogens with two attached hydrogens (primary N) is 2. The van der Waals surface area contributed by atoms with Crippen molar-refractivity contribution in [1.82, 2.24) is 0 Å². The molecule has 0 saturated carbocycles. The number of aliphatic carboxylic acids is 1. The van der Waals surface area contributed by atoms with Gasteiger partial charge in [-0.15, -0.1) is 0 Å². The molecule has 4 heteroatoms. The highest BCUT2D eigenvalue weighted by atomic mass is 16.4. The third-order valence-electron chi connectivity index (χ3n) is 3.90. The standard InChI is InChI=1S/C17H20N2O2/c18-12-17(16(20)21,14-4-2-1-3-5-14)11-10-13-6-8-15(19)9-7-13/h1-9H,10-12,18-19H2,(H,20,21). The normalized spacial score (nSPS) is 13.6. The maximum atomic E-state index is 11.8. The summed E-state index contributed by atoms with van der Waals surface area (Å²) < 4.78 is 0. The van der Waals surface area contributed by atoms with E-state index < -0.39 is 11.4 Å². The zero-order chi connectivity index (χ0) is 15.3. The Hall–Kier alpha value is -2.33. The molecule has 0 spiro atoms. The molecule has 0 aliphatic carbocycles. The van der Waals surface area contributed by atoms with Crippen molar-refractivity contribution in [3.63, 3.8) is 0 Å². The smallest absolute Gasteiger partial charge is 0.315 e. The quantitative estimate of drug-likeness (QED) is 0.709. The van der Waals surface area contributed by atoms with Gasteiger partial charge in [0.1, 0.15) is 5.41 Å². The minimum atomic E-state index is -1.05. The zero-order valence-electron chi connectivity index (χ0n) is 11.8. The molecule has 110 valence electrons. The average Bonchev–Trinajstić information content (AvgIpc) is 2.51. The lowest BCUT2D eigenvalue weighted by molar-refractivity contribution is -0.143. The fourth-order valence-electron chi connectivity index (χ4n) is 2.48. The lowest BCUT2D eigenvalue weighted by Gasteiger charge is -2.28. The molecule has 2 aromatic rings. The molecule has 1 atom stereocenters. The summed E-state index contributed by atoms with van der Waals surface area (Å²) in [7, 11) is 0. The van der Waals surface area contributed by atoms with Crippen LogP contribution in [0.2, 0.25) is 0 Å². The molecule has 0 heterocycles. The van der Waals surface area contributed by atoms with Crippen molar-refractivity contribution >= 4 is 11.7 Å². The second-order valence-corrected chi connectivity index (χ2v) is 5.20. The van der Waals surface area contributed by atoms with Crippen LogP contribution in [0.1, 0.15) is 17.5 Å². The largest absolute Gasteiger partial charge is 0.481 e. The van der Waals surface area contributed by atoms with Gasteiger partial charge in [0.2, 0.25) is 0 Å². The van der Waals surface area contributed by atoms with E-state index in [9.17, 15) is 9.90 Å². The number of anilines is 1. The Kier molecular flexibility index (Phi) is 4.60. The number of hydrogen-bond acceptors (Lipinski definition) is 3. The van der Waals surface area contributed by atoms with Crippen LogP contribution in [0, 0.1) is 0 Å². The molecular weight excluding hydrogens is 264 g/mol. The first-order valence-electron chi connectivity index (χ1n) is 6.92. The Morgan fingerprint density at radius 3 is 2.19 bits per heavy atom. The van der Waals surface area contributed by atoms with E-state index in [0.717, 1.165) is 11.1 Å². The van der Waals surface area contributed by atoms with E-state index in [4.69, 9.17) is 11.5 Å². The van der Waals surface area contributed by atoms with Crippen molar-refractivity contribution in [3.8, 4) is 0 Å². The van der Waals surface area contributed by atoms with Gasteiger partial charge in [0.15, 0.2) is 0 Å². The zero-order valence-corrected chi connectivity index (χ0v) is 11.8. The molecule has 0 aliphatic rings. The molecule has 5 N–H and O–H groups in total. The molecule has 0 aromatic heterocycles. The first-order valence-corrected chi connectivity index (χ1v) is 6.92. The van der Waals surface area contributed by atoms with E-state index in [2.05, 4.69) is 0 Å². The Morgan fingerprint density at radius 2 is 1.67 bits per heavy atom. The number of hydrogen-bond donors (Lipinski definition) is 3. The molecular formula is C17H20N2O2. The van der Waals surface area contributed by atoms with Gasteiger partial charge in [-0.1, -0.05) is 42.5 Å². The SMILES string of the molecule is NCC(CCc1ccc(N)cc1)(C(=O)O)c1ccccc1. The predicted molar refractivity (Wildman–Crippen MR) is 84.0 cm³/mol. The topological polar surface area (TPSA) is 89.3 Å². The van der Waals surface area contributed by atoms with Gasteiger partial charge in [-0.3, -0.25) is 4.79 Å². The molecule has 2 aromatic carbocycles. The molecule has 0 fully saturated rings. The van der Waals surface area contributed by atoms with Crippen LogP contribution in [0.3, 0.4) is 0 Å². The van der Waals surface area contributed by atoms with Crippen molar-refractivity contribution in [3.05, 3.63) is 65.7 Å². The van der Waals surface area contributed by atoms with Crippen molar-refractivity contribution in [2.75, 3.05) is 12.3 Å². The summed E-state index contributed by atoms with van der Waals surface area (Å²) in [4.78, 5) is 11.8. The summed E-state index contributed by atoms with van der Waals surface area (Å²) in [5, 5.41) is 9.70. The van der Waals surface area contributed by atoms with E-state index in [-0.39, 0.29) is 6.54 Å². The highest BCUT2D eigenvalue weighted by Crippen LogP contribution is 2.29. The Bertz CT molecular complexity index is 596. The molecule has 0 amide bonds. The van der Waals surface area contributed by atoms with Gasteiger partial charge >= 0.3 is 5.97 Å². The van der Waals surface area contributed by atoms with Gasteiger partial charge < -0.3 is 16.6 Å². The average molecular weight is 284 g/mol. The van der Waals surface area contributed by atoms with Gasteiger partial charge in [-0.2, -0.15) is 0 Å². The third kappa shape index (κ3) is 3.23. The fraction of sp³-hybridized carbons (Fsp3) is 0.235. The number of carboxylic acid groups (broad SMARTS) is 1. The maximum absolute atomic E-state index is 11.8. The Labute approximate surface area is 124 Å². The van der Waals surface area contributed by atoms with Crippen molar-refractivity contribution in [2.45, 2.75) is 18.3 Å². The van der Waals surface area contributed by atoms with E-state index in [1.165, 1.54) is 0 Å². The van der Waals surface area contributed by atoms with Crippen molar-refractivity contribution < 1.29 is 9.90 Å². The molecule has 0 bridgehead atoms. The number of carbonyl (C=O) groups is 1. The van der Waals surface area contributed by atoms with Crippen LogP contribution in [0.5, 0.6) is 0 Å². The highest BCUT2D eigenvalue weighted by molar-refractivity contribution is 5.81. The van der Waals surface area contributed by atoms with Gasteiger partial charge in [0, 0.05) is 12.2 Å². The molecule has 4 nitrogen and oxygen atoms in total. The molecule has 21 heavy (non-hydrogen) atoms. The summed E-state index contributed by atoms with van der Waals surface area (Å²) in [5.41, 5.74) is 12.9. The summed E-state index contributed by atoms with van der Waals surface area (Å²) in [6, 6.07) is 16.7. The summed E-state index contributed by atoms with van der Waals surface area (Å²) in [6.45, 7) is 0.0708. The highest BCUT2D eigenvalue weighted by Gasteiger charge is 2.38. The number of benzene rings is 2. The van der Waals surface area contributed by atoms with Crippen LogP contribution in [0.25, 0.3) is 0 Å². The van der Waals surface area contributed by atoms with Gasteiger partial charge in [0.25, 0.3) is 0 Å². The van der Waals surface area contributed by atoms with Crippen LogP contribution in [-0.4, -0.2) is 17.6 Å². The van der Waals surface area contributed by atoms with Crippen LogP contribution >= 0.6 is 0 Å². The van der Waals surface area contributed by atoms with Crippen LogP contribution < -0.4 is 11.5 Å². The molecule has 0 radical (unpaired) electrons. The number of nitrogen functional groups attached to an aromatic ring is 1.